The number of amides is 1. The molecule has 0 spiro atoms. The minimum atomic E-state index is -0.460. The fourth-order valence-electron chi connectivity index (χ4n) is 3.52. The Kier molecular flexibility index (Phi) is 4.64. The van der Waals surface area contributed by atoms with Crippen molar-refractivity contribution in [2.75, 3.05) is 32.1 Å². The van der Waals surface area contributed by atoms with E-state index in [9.17, 15) is 4.79 Å². The van der Waals surface area contributed by atoms with Crippen LogP contribution in [-0.2, 0) is 4.79 Å². The zero-order valence-corrected chi connectivity index (χ0v) is 16.4. The van der Waals surface area contributed by atoms with Gasteiger partial charge in [-0.15, -0.1) is 5.10 Å². The highest BCUT2D eigenvalue weighted by molar-refractivity contribution is 5.93. The number of aromatic nitrogens is 4. The highest BCUT2D eigenvalue weighted by Gasteiger charge is 2.23. The molecule has 152 valence electrons. The van der Waals surface area contributed by atoms with Gasteiger partial charge in [-0.3, -0.25) is 4.79 Å². The van der Waals surface area contributed by atoms with Gasteiger partial charge in [0.2, 0.25) is 11.9 Å². The quantitative estimate of drug-likeness (QED) is 0.474. The zero-order valence-electron chi connectivity index (χ0n) is 16.4. The molecule has 0 radical (unpaired) electrons. The van der Waals surface area contributed by atoms with Crippen LogP contribution in [0.5, 0.6) is 5.75 Å². The molecule has 2 aromatic carbocycles. The third-order valence-corrected chi connectivity index (χ3v) is 5.10. The summed E-state index contributed by atoms with van der Waals surface area (Å²) in [6.07, 6.45) is 0. The summed E-state index contributed by atoms with van der Waals surface area (Å²) in [7, 11) is 1.63. The maximum Gasteiger partial charge on any atom is 0.243 e. The summed E-state index contributed by atoms with van der Waals surface area (Å²) in [6, 6.07) is 14.9. The Morgan fingerprint density at radius 3 is 2.77 bits per heavy atom. The Balaban J connectivity index is 1.63. The van der Waals surface area contributed by atoms with Gasteiger partial charge < -0.3 is 20.7 Å². The second-order valence-corrected chi connectivity index (χ2v) is 7.04. The Labute approximate surface area is 172 Å². The molecule has 0 unspecified atom stereocenters. The predicted octanol–water partition coefficient (Wildman–Crippen LogP) is 1.45. The first-order valence-electron chi connectivity index (χ1n) is 9.78. The van der Waals surface area contributed by atoms with Gasteiger partial charge in [0.25, 0.3) is 0 Å². The molecule has 1 atom stereocenters. The molecule has 5 rings (SSSR count). The zero-order chi connectivity index (χ0) is 20.5. The van der Waals surface area contributed by atoms with Crippen molar-refractivity contribution in [3.8, 4) is 17.1 Å². The molecule has 1 saturated heterocycles. The summed E-state index contributed by atoms with van der Waals surface area (Å²) in [6.45, 7) is 1.83. The smallest absolute Gasteiger partial charge is 0.243 e. The van der Waals surface area contributed by atoms with Crippen molar-refractivity contribution in [1.29, 1.82) is 0 Å². The van der Waals surface area contributed by atoms with Crippen LogP contribution in [0.4, 0.5) is 5.95 Å². The van der Waals surface area contributed by atoms with E-state index in [-0.39, 0.29) is 5.91 Å². The minimum absolute atomic E-state index is 0.0707. The van der Waals surface area contributed by atoms with Gasteiger partial charge in [-0.2, -0.15) is 4.52 Å². The molecular weight excluding hydrogens is 382 g/mol. The molecule has 3 heterocycles. The second kappa shape index (κ2) is 7.60. The molecule has 1 aliphatic heterocycles. The summed E-state index contributed by atoms with van der Waals surface area (Å²) >= 11 is 0. The normalized spacial score (nSPS) is 17.0. The van der Waals surface area contributed by atoms with Gasteiger partial charge in [0, 0.05) is 30.6 Å². The Hall–Kier alpha value is -3.72. The SMILES string of the molecule is COc1ccc(-c2nc3c4ccccc4nc(N[C@@H]4CNCCNC4=O)n3n2)cc1. The maximum absolute atomic E-state index is 12.4. The Bertz CT molecular complexity index is 1220. The molecule has 30 heavy (non-hydrogen) atoms. The number of anilines is 1. The Morgan fingerprint density at radius 2 is 1.93 bits per heavy atom. The molecular formula is C21H21N7O2. The molecule has 1 amide bonds. The number of para-hydroxylation sites is 1. The van der Waals surface area contributed by atoms with E-state index < -0.39 is 6.04 Å². The largest absolute Gasteiger partial charge is 0.497 e. The summed E-state index contributed by atoms with van der Waals surface area (Å²) in [5, 5.41) is 15.0. The van der Waals surface area contributed by atoms with Crippen LogP contribution in [0.1, 0.15) is 0 Å². The lowest BCUT2D eigenvalue weighted by Gasteiger charge is -2.16. The lowest BCUT2D eigenvalue weighted by molar-refractivity contribution is -0.121. The highest BCUT2D eigenvalue weighted by atomic mass is 16.5. The summed E-state index contributed by atoms with van der Waals surface area (Å²) in [4.78, 5) is 21.9. The Morgan fingerprint density at radius 1 is 1.10 bits per heavy atom. The molecule has 1 fully saturated rings. The molecule has 4 aromatic rings. The highest BCUT2D eigenvalue weighted by Crippen LogP contribution is 2.25. The van der Waals surface area contributed by atoms with E-state index in [1.807, 2.05) is 48.5 Å². The summed E-state index contributed by atoms with van der Waals surface area (Å²) in [5.74, 6) is 1.74. The second-order valence-electron chi connectivity index (χ2n) is 7.04. The van der Waals surface area contributed by atoms with Crippen molar-refractivity contribution in [1.82, 2.24) is 30.2 Å². The van der Waals surface area contributed by atoms with Crippen LogP contribution in [0.15, 0.2) is 48.5 Å². The molecule has 0 aliphatic carbocycles. The summed E-state index contributed by atoms with van der Waals surface area (Å²) < 4.78 is 6.90. The van der Waals surface area contributed by atoms with E-state index in [0.29, 0.717) is 30.5 Å². The maximum atomic E-state index is 12.4. The predicted molar refractivity (Wildman–Crippen MR) is 114 cm³/mol. The van der Waals surface area contributed by atoms with Crippen LogP contribution in [0.2, 0.25) is 0 Å². The third-order valence-electron chi connectivity index (χ3n) is 5.10. The first kappa shape index (κ1) is 18.3. The lowest BCUT2D eigenvalue weighted by atomic mass is 10.2. The fraction of sp³-hybridized carbons (Fsp3) is 0.238. The molecule has 3 N–H and O–H groups in total. The number of benzene rings is 2. The number of rotatable bonds is 4. The minimum Gasteiger partial charge on any atom is -0.497 e. The lowest BCUT2D eigenvalue weighted by Crippen LogP contribution is -2.42. The molecule has 9 heteroatoms. The van der Waals surface area contributed by atoms with E-state index in [1.54, 1.807) is 11.6 Å². The van der Waals surface area contributed by atoms with Crippen LogP contribution >= 0.6 is 0 Å². The monoisotopic (exact) mass is 403 g/mol. The number of fused-ring (bicyclic) bond motifs is 3. The van der Waals surface area contributed by atoms with Gasteiger partial charge in [0.15, 0.2) is 11.5 Å². The molecule has 0 bridgehead atoms. The standard InChI is InChI=1S/C21H21N7O2/c1-30-14-8-6-13(7-9-14)18-26-19-15-4-2-3-5-16(15)24-21(28(19)27-18)25-17-12-22-10-11-23-20(17)29/h2-9,17,22H,10-12H2,1H3,(H,23,29)(H,24,25)/t17-/m1/s1. The van der Waals surface area contributed by atoms with Crippen LogP contribution in [-0.4, -0.2) is 58.3 Å². The van der Waals surface area contributed by atoms with E-state index in [0.717, 1.165) is 28.8 Å². The van der Waals surface area contributed by atoms with Crippen LogP contribution in [0.25, 0.3) is 27.9 Å². The van der Waals surface area contributed by atoms with E-state index in [4.69, 9.17) is 19.8 Å². The number of nitrogens with zero attached hydrogens (tertiary/aromatic N) is 4. The molecule has 0 saturated carbocycles. The molecule has 2 aromatic heterocycles. The molecule has 1 aliphatic rings. The van der Waals surface area contributed by atoms with E-state index in [1.165, 1.54) is 0 Å². The van der Waals surface area contributed by atoms with Crippen LogP contribution < -0.4 is 20.7 Å². The van der Waals surface area contributed by atoms with Gasteiger partial charge in [-0.1, -0.05) is 12.1 Å². The number of carbonyl (C=O) groups excluding carboxylic acids is 1. The van der Waals surface area contributed by atoms with Gasteiger partial charge in [0.1, 0.15) is 11.8 Å². The van der Waals surface area contributed by atoms with Crippen molar-refractivity contribution in [3.63, 3.8) is 0 Å². The van der Waals surface area contributed by atoms with Crippen LogP contribution in [0, 0.1) is 0 Å². The number of hydrogen-bond donors (Lipinski definition) is 3. The fourth-order valence-corrected chi connectivity index (χ4v) is 3.52. The van der Waals surface area contributed by atoms with Crippen molar-refractivity contribution in [3.05, 3.63) is 48.5 Å². The number of hydrogen-bond acceptors (Lipinski definition) is 7. The summed E-state index contributed by atoms with van der Waals surface area (Å²) in [5.41, 5.74) is 2.32. The van der Waals surface area contributed by atoms with Gasteiger partial charge in [0.05, 0.1) is 12.6 Å². The van der Waals surface area contributed by atoms with Crippen molar-refractivity contribution in [2.45, 2.75) is 6.04 Å². The average molecular weight is 403 g/mol. The van der Waals surface area contributed by atoms with E-state index >= 15 is 0 Å². The first-order valence-corrected chi connectivity index (χ1v) is 9.78. The number of carbonyl (C=O) groups is 1. The number of methoxy groups -OCH3 is 1. The van der Waals surface area contributed by atoms with E-state index in [2.05, 4.69) is 16.0 Å². The topological polar surface area (TPSA) is 105 Å². The van der Waals surface area contributed by atoms with Gasteiger partial charge in [-0.05, 0) is 36.4 Å². The molecule has 9 nitrogen and oxygen atoms in total. The van der Waals surface area contributed by atoms with Crippen molar-refractivity contribution in [2.24, 2.45) is 0 Å². The van der Waals surface area contributed by atoms with Gasteiger partial charge in [-0.25, -0.2) is 9.97 Å². The number of ether oxygens (including phenoxy) is 1. The van der Waals surface area contributed by atoms with Crippen LogP contribution in [0.3, 0.4) is 0 Å². The average Bonchev–Trinajstić information content (AvgIpc) is 3.14. The third kappa shape index (κ3) is 3.29. The van der Waals surface area contributed by atoms with Crippen molar-refractivity contribution >= 4 is 28.4 Å². The number of nitrogens with one attached hydrogen (secondary N) is 3. The van der Waals surface area contributed by atoms with Gasteiger partial charge >= 0.3 is 0 Å². The first-order chi connectivity index (χ1) is 14.7. The van der Waals surface area contributed by atoms with Crippen molar-refractivity contribution < 1.29 is 9.53 Å².